The van der Waals surface area contributed by atoms with Gasteiger partial charge >= 0.3 is 0 Å². The third-order valence-electron chi connectivity index (χ3n) is 5.37. The second-order valence-electron chi connectivity index (χ2n) is 7.82. The lowest BCUT2D eigenvalue weighted by Crippen LogP contribution is -2.44. The number of sulfonamides is 1. The Kier molecular flexibility index (Phi) is 6.75. The van der Waals surface area contributed by atoms with Crippen molar-refractivity contribution >= 4 is 15.7 Å². The molecule has 0 bridgehead atoms. The van der Waals surface area contributed by atoms with E-state index in [9.17, 15) is 13.5 Å². The molecule has 1 saturated heterocycles. The van der Waals surface area contributed by atoms with E-state index in [2.05, 4.69) is 11.8 Å². The summed E-state index contributed by atoms with van der Waals surface area (Å²) in [6.45, 7) is 6.60. The van der Waals surface area contributed by atoms with Gasteiger partial charge in [-0.25, -0.2) is 8.42 Å². The fourth-order valence-corrected chi connectivity index (χ4v) is 5.07. The number of benzene rings is 2. The molecule has 0 saturated carbocycles. The van der Waals surface area contributed by atoms with E-state index in [-0.39, 0.29) is 11.4 Å². The van der Waals surface area contributed by atoms with Crippen LogP contribution in [0.15, 0.2) is 59.5 Å². The van der Waals surface area contributed by atoms with Crippen LogP contribution in [0.1, 0.15) is 25.3 Å². The molecule has 0 aromatic heterocycles. The Bertz CT molecular complexity index is 845. The zero-order valence-corrected chi connectivity index (χ0v) is 17.5. The molecule has 0 unspecified atom stereocenters. The van der Waals surface area contributed by atoms with E-state index < -0.39 is 16.1 Å². The highest BCUT2D eigenvalue weighted by Crippen LogP contribution is 2.24. The number of hydrogen-bond donors (Lipinski definition) is 1. The smallest absolute Gasteiger partial charge is 0.264 e. The average Bonchev–Trinajstić information content (AvgIpc) is 2.69. The molecule has 0 radical (unpaired) electrons. The molecule has 28 heavy (non-hydrogen) atoms. The Morgan fingerprint density at radius 1 is 1.07 bits per heavy atom. The Balaban J connectivity index is 1.80. The van der Waals surface area contributed by atoms with Crippen LogP contribution in [0.3, 0.4) is 0 Å². The van der Waals surface area contributed by atoms with Crippen LogP contribution in [-0.2, 0) is 10.0 Å². The number of nitrogens with zero attached hydrogens (tertiary/aromatic N) is 2. The van der Waals surface area contributed by atoms with Gasteiger partial charge in [-0.1, -0.05) is 42.8 Å². The van der Waals surface area contributed by atoms with Gasteiger partial charge in [-0.3, -0.25) is 4.31 Å². The first-order valence-corrected chi connectivity index (χ1v) is 11.3. The number of aryl methyl sites for hydroxylation is 1. The predicted molar refractivity (Wildman–Crippen MR) is 113 cm³/mol. The monoisotopic (exact) mass is 402 g/mol. The molecule has 0 aliphatic carbocycles. The molecule has 2 aromatic rings. The van der Waals surface area contributed by atoms with Crippen molar-refractivity contribution < 1.29 is 13.5 Å². The van der Waals surface area contributed by atoms with Crippen molar-refractivity contribution in [2.75, 3.05) is 30.5 Å². The minimum absolute atomic E-state index is 0.0340. The Labute approximate surface area is 168 Å². The lowest BCUT2D eigenvalue weighted by molar-refractivity contribution is 0.0971. The molecule has 1 fully saturated rings. The van der Waals surface area contributed by atoms with Gasteiger partial charge in [-0.15, -0.1) is 0 Å². The summed E-state index contributed by atoms with van der Waals surface area (Å²) in [7, 11) is -3.76. The molecule has 0 spiro atoms. The third kappa shape index (κ3) is 5.13. The minimum atomic E-state index is -3.76. The lowest BCUT2D eigenvalue weighted by atomic mass is 9.99. The molecular formula is C22H30N2O3S. The highest BCUT2D eigenvalue weighted by atomic mass is 32.2. The molecule has 0 amide bonds. The van der Waals surface area contributed by atoms with Gasteiger partial charge in [0, 0.05) is 6.54 Å². The van der Waals surface area contributed by atoms with Crippen molar-refractivity contribution in [3.05, 3.63) is 60.2 Å². The Morgan fingerprint density at radius 3 is 2.29 bits per heavy atom. The Hall–Kier alpha value is -1.89. The maximum absolute atomic E-state index is 13.3. The van der Waals surface area contributed by atoms with Crippen molar-refractivity contribution in [3.8, 4) is 0 Å². The van der Waals surface area contributed by atoms with Gasteiger partial charge in [0.1, 0.15) is 0 Å². The number of rotatable bonds is 7. The van der Waals surface area contributed by atoms with Gasteiger partial charge in [0.2, 0.25) is 0 Å². The van der Waals surface area contributed by atoms with Gasteiger partial charge in [0.15, 0.2) is 0 Å². The molecular weight excluding hydrogens is 372 g/mol. The van der Waals surface area contributed by atoms with E-state index in [1.54, 1.807) is 36.4 Å². The molecule has 3 rings (SSSR count). The van der Waals surface area contributed by atoms with Gasteiger partial charge in [-0.2, -0.15) is 0 Å². The summed E-state index contributed by atoms with van der Waals surface area (Å²) in [5.74, 6) is 0.719. The second-order valence-corrected chi connectivity index (χ2v) is 9.68. The van der Waals surface area contributed by atoms with Crippen molar-refractivity contribution in [1.82, 2.24) is 4.90 Å². The molecule has 1 N–H and O–H groups in total. The summed E-state index contributed by atoms with van der Waals surface area (Å²) in [6.07, 6.45) is 1.49. The number of anilines is 1. The van der Waals surface area contributed by atoms with E-state index in [0.29, 0.717) is 12.2 Å². The molecule has 6 heteroatoms. The van der Waals surface area contributed by atoms with Crippen molar-refractivity contribution in [2.24, 2.45) is 5.92 Å². The third-order valence-corrected chi connectivity index (χ3v) is 7.18. The first-order valence-electron chi connectivity index (χ1n) is 9.91. The summed E-state index contributed by atoms with van der Waals surface area (Å²) in [5, 5.41) is 10.7. The van der Waals surface area contributed by atoms with Gasteiger partial charge in [0.25, 0.3) is 10.0 Å². The van der Waals surface area contributed by atoms with Crippen molar-refractivity contribution in [3.63, 3.8) is 0 Å². The fourth-order valence-electron chi connectivity index (χ4n) is 3.57. The highest BCUT2D eigenvalue weighted by Gasteiger charge is 2.28. The van der Waals surface area contributed by atoms with Crippen LogP contribution in [-0.4, -0.2) is 50.7 Å². The molecule has 1 aliphatic rings. The first-order chi connectivity index (χ1) is 13.4. The Morgan fingerprint density at radius 2 is 1.68 bits per heavy atom. The summed E-state index contributed by atoms with van der Waals surface area (Å²) >= 11 is 0. The van der Waals surface area contributed by atoms with E-state index >= 15 is 0 Å². The topological polar surface area (TPSA) is 60.9 Å². The molecule has 152 valence electrons. The van der Waals surface area contributed by atoms with E-state index in [4.69, 9.17) is 0 Å². The normalized spacial score (nSPS) is 17.4. The molecule has 5 nitrogen and oxygen atoms in total. The standard InChI is InChI=1S/C22H30N2O3S/c1-18-8-10-22(11-9-18)28(26,27)24(20-6-4-3-5-7-20)17-21(25)16-23-14-12-19(2)13-15-23/h3-11,19,21,25H,12-17H2,1-2H3/t21-/m1/s1. The second kappa shape index (κ2) is 9.07. The number of aliphatic hydroxyl groups is 1. The van der Waals surface area contributed by atoms with Crippen LogP contribution < -0.4 is 4.31 Å². The predicted octanol–water partition coefficient (Wildman–Crippen LogP) is 3.28. The van der Waals surface area contributed by atoms with Gasteiger partial charge in [-0.05, 0) is 63.0 Å². The van der Waals surface area contributed by atoms with Gasteiger partial charge in [0.05, 0.1) is 23.2 Å². The molecule has 1 aliphatic heterocycles. The van der Waals surface area contributed by atoms with Crippen LogP contribution in [0.2, 0.25) is 0 Å². The highest BCUT2D eigenvalue weighted by molar-refractivity contribution is 7.92. The molecule has 2 aromatic carbocycles. The SMILES string of the molecule is Cc1ccc(S(=O)(=O)N(C[C@H](O)CN2CCC(C)CC2)c2ccccc2)cc1. The minimum Gasteiger partial charge on any atom is -0.390 e. The number of aliphatic hydroxyl groups excluding tert-OH is 1. The summed E-state index contributed by atoms with van der Waals surface area (Å²) in [5.41, 5.74) is 1.57. The largest absolute Gasteiger partial charge is 0.390 e. The van der Waals surface area contributed by atoms with Crippen LogP contribution in [0.25, 0.3) is 0 Å². The maximum Gasteiger partial charge on any atom is 0.264 e. The molecule has 1 heterocycles. The lowest BCUT2D eigenvalue weighted by Gasteiger charge is -2.33. The zero-order chi connectivity index (χ0) is 20.1. The van der Waals surface area contributed by atoms with E-state index in [1.165, 1.54) is 4.31 Å². The van der Waals surface area contributed by atoms with Crippen LogP contribution in [0, 0.1) is 12.8 Å². The molecule has 1 atom stereocenters. The van der Waals surface area contributed by atoms with Gasteiger partial charge < -0.3 is 10.0 Å². The number of hydrogen-bond acceptors (Lipinski definition) is 4. The maximum atomic E-state index is 13.3. The van der Waals surface area contributed by atoms with Crippen LogP contribution >= 0.6 is 0 Å². The van der Waals surface area contributed by atoms with E-state index in [0.717, 1.165) is 37.4 Å². The van der Waals surface area contributed by atoms with Crippen molar-refractivity contribution in [2.45, 2.75) is 37.7 Å². The van der Waals surface area contributed by atoms with Crippen molar-refractivity contribution in [1.29, 1.82) is 0 Å². The van der Waals surface area contributed by atoms with Crippen LogP contribution in [0.4, 0.5) is 5.69 Å². The average molecular weight is 403 g/mol. The fraction of sp³-hybridized carbons (Fsp3) is 0.455. The quantitative estimate of drug-likeness (QED) is 0.772. The number of β-amino-alcohol motifs (C(OH)–C–C–N with tert-alkyl or cyclic N) is 1. The summed E-state index contributed by atoms with van der Waals surface area (Å²) in [4.78, 5) is 2.47. The zero-order valence-electron chi connectivity index (χ0n) is 16.7. The van der Waals surface area contributed by atoms with Crippen LogP contribution in [0.5, 0.6) is 0 Å². The summed E-state index contributed by atoms with van der Waals surface area (Å²) < 4.78 is 28.0. The number of likely N-dealkylation sites (tertiary alicyclic amines) is 1. The van der Waals surface area contributed by atoms with E-state index in [1.807, 2.05) is 25.1 Å². The number of para-hydroxylation sites is 1. The number of piperidine rings is 1. The summed E-state index contributed by atoms with van der Waals surface area (Å²) in [6, 6.07) is 15.8. The first kappa shape index (κ1) is 20.8.